The molecule has 1 fully saturated rings. The van der Waals surface area contributed by atoms with Crippen LogP contribution >= 0.6 is 11.8 Å². The zero-order chi connectivity index (χ0) is 22.7. The van der Waals surface area contributed by atoms with Gasteiger partial charge >= 0.3 is 5.63 Å². The Morgan fingerprint density at radius 1 is 1.06 bits per heavy atom. The molecule has 0 bridgehead atoms. The van der Waals surface area contributed by atoms with Gasteiger partial charge in [-0.25, -0.2) is 4.79 Å². The molecule has 1 aliphatic rings. The van der Waals surface area contributed by atoms with Gasteiger partial charge in [-0.15, -0.1) is 0 Å². The van der Waals surface area contributed by atoms with Gasteiger partial charge in [-0.3, -0.25) is 0 Å². The Labute approximate surface area is 194 Å². The third-order valence-corrected chi connectivity index (χ3v) is 7.86. The highest BCUT2D eigenvalue weighted by Crippen LogP contribution is 2.46. The topological polar surface area (TPSA) is 50.4 Å². The Morgan fingerprint density at radius 3 is 2.44 bits per heavy atom. The van der Waals surface area contributed by atoms with Crippen molar-refractivity contribution in [1.82, 2.24) is 0 Å². The van der Waals surface area contributed by atoms with Crippen molar-refractivity contribution in [3.63, 3.8) is 0 Å². The van der Waals surface area contributed by atoms with Crippen LogP contribution in [-0.4, -0.2) is 5.11 Å². The molecule has 3 nitrogen and oxygen atoms in total. The molecule has 0 spiro atoms. The SMILES string of the molecule is Cc1ccc(C(C)C)c(Sc2c(O)cc(C3(CCc4ccccc4)CCCC3)oc2=O)c1. The fraction of sp³-hybridized carbons (Fsp3) is 0.393. The first-order chi connectivity index (χ1) is 15.4. The first-order valence-electron chi connectivity index (χ1n) is 11.6. The second kappa shape index (κ2) is 9.58. The lowest BCUT2D eigenvalue weighted by Crippen LogP contribution is -2.25. The van der Waals surface area contributed by atoms with Gasteiger partial charge in [0, 0.05) is 16.4 Å². The Kier molecular flexibility index (Phi) is 6.80. The lowest BCUT2D eigenvalue weighted by atomic mass is 9.78. The van der Waals surface area contributed by atoms with E-state index in [0.29, 0.717) is 11.7 Å². The van der Waals surface area contributed by atoms with Crippen LogP contribution in [0.15, 0.2) is 73.6 Å². The minimum atomic E-state index is -0.438. The minimum Gasteiger partial charge on any atom is -0.506 e. The van der Waals surface area contributed by atoms with Gasteiger partial charge in [-0.05, 0) is 61.3 Å². The molecule has 0 saturated heterocycles. The summed E-state index contributed by atoms with van der Waals surface area (Å²) in [6.45, 7) is 6.31. The zero-order valence-electron chi connectivity index (χ0n) is 19.2. The average molecular weight is 449 g/mol. The summed E-state index contributed by atoms with van der Waals surface area (Å²) >= 11 is 1.31. The predicted molar refractivity (Wildman–Crippen MR) is 131 cm³/mol. The summed E-state index contributed by atoms with van der Waals surface area (Å²) in [6, 6.07) is 18.4. The van der Waals surface area contributed by atoms with Gasteiger partial charge in [-0.2, -0.15) is 0 Å². The molecule has 1 saturated carbocycles. The summed E-state index contributed by atoms with van der Waals surface area (Å²) in [7, 11) is 0. The smallest absolute Gasteiger partial charge is 0.353 e. The lowest BCUT2D eigenvalue weighted by molar-refractivity contribution is 0.290. The molecule has 0 radical (unpaired) electrons. The fourth-order valence-electron chi connectivity index (χ4n) is 4.84. The number of benzene rings is 2. The van der Waals surface area contributed by atoms with Crippen LogP contribution < -0.4 is 5.63 Å². The van der Waals surface area contributed by atoms with Crippen LogP contribution in [0.25, 0.3) is 0 Å². The molecule has 3 aromatic rings. The van der Waals surface area contributed by atoms with E-state index in [0.717, 1.165) is 49.0 Å². The van der Waals surface area contributed by atoms with Gasteiger partial charge in [0.15, 0.2) is 0 Å². The van der Waals surface area contributed by atoms with Crippen LogP contribution in [0.5, 0.6) is 5.75 Å². The summed E-state index contributed by atoms with van der Waals surface area (Å²) in [4.78, 5) is 14.3. The maximum absolute atomic E-state index is 13.1. The van der Waals surface area contributed by atoms with Crippen molar-refractivity contribution in [3.8, 4) is 5.75 Å². The van der Waals surface area contributed by atoms with Crippen LogP contribution in [0.1, 0.15) is 74.3 Å². The van der Waals surface area contributed by atoms with Crippen LogP contribution in [0.4, 0.5) is 0 Å². The quantitative estimate of drug-likeness (QED) is 0.410. The van der Waals surface area contributed by atoms with E-state index in [9.17, 15) is 9.90 Å². The van der Waals surface area contributed by atoms with Crippen molar-refractivity contribution < 1.29 is 9.52 Å². The van der Waals surface area contributed by atoms with E-state index in [4.69, 9.17) is 4.42 Å². The van der Waals surface area contributed by atoms with Crippen molar-refractivity contribution in [2.75, 3.05) is 0 Å². The first kappa shape index (κ1) is 22.7. The first-order valence-corrected chi connectivity index (χ1v) is 12.4. The van der Waals surface area contributed by atoms with Gasteiger partial charge in [0.1, 0.15) is 16.4 Å². The molecule has 32 heavy (non-hydrogen) atoms. The number of hydrogen-bond donors (Lipinski definition) is 1. The molecule has 4 rings (SSSR count). The minimum absolute atomic E-state index is 0.0310. The zero-order valence-corrected chi connectivity index (χ0v) is 20.0. The Morgan fingerprint density at radius 2 is 1.78 bits per heavy atom. The van der Waals surface area contributed by atoms with E-state index >= 15 is 0 Å². The van der Waals surface area contributed by atoms with Crippen molar-refractivity contribution >= 4 is 11.8 Å². The molecule has 4 heteroatoms. The van der Waals surface area contributed by atoms with Gasteiger partial charge in [0.05, 0.1) is 0 Å². The molecule has 0 unspecified atom stereocenters. The molecule has 0 amide bonds. The second-order valence-corrected chi connectivity index (χ2v) is 10.4. The van der Waals surface area contributed by atoms with E-state index in [1.54, 1.807) is 6.07 Å². The van der Waals surface area contributed by atoms with Crippen molar-refractivity contribution in [1.29, 1.82) is 0 Å². The number of rotatable bonds is 7. The molecule has 1 aromatic heterocycles. The van der Waals surface area contributed by atoms with Crippen LogP contribution in [0, 0.1) is 6.92 Å². The maximum Gasteiger partial charge on any atom is 0.353 e. The maximum atomic E-state index is 13.1. The van der Waals surface area contributed by atoms with E-state index in [-0.39, 0.29) is 16.1 Å². The number of aryl methyl sites for hydroxylation is 2. The lowest BCUT2D eigenvalue weighted by Gasteiger charge is -2.28. The summed E-state index contributed by atoms with van der Waals surface area (Å²) in [5.41, 5.74) is 2.97. The monoisotopic (exact) mass is 448 g/mol. The average Bonchev–Trinajstić information content (AvgIpc) is 3.25. The Balaban J connectivity index is 1.65. The molecular formula is C28H32O3S. The van der Waals surface area contributed by atoms with Gasteiger partial charge < -0.3 is 9.52 Å². The fourth-order valence-corrected chi connectivity index (χ4v) is 6.02. The van der Waals surface area contributed by atoms with E-state index in [1.807, 2.05) is 13.0 Å². The Bertz CT molecular complexity index is 1130. The van der Waals surface area contributed by atoms with Crippen molar-refractivity contribution in [2.24, 2.45) is 0 Å². The molecule has 1 N–H and O–H groups in total. The van der Waals surface area contributed by atoms with E-state index in [2.05, 4.69) is 56.3 Å². The molecule has 168 valence electrons. The van der Waals surface area contributed by atoms with E-state index in [1.165, 1.54) is 22.9 Å². The predicted octanol–water partition coefficient (Wildman–Crippen LogP) is 7.37. The highest BCUT2D eigenvalue weighted by Gasteiger charge is 2.38. The largest absolute Gasteiger partial charge is 0.506 e. The van der Waals surface area contributed by atoms with Crippen molar-refractivity contribution in [3.05, 3.63) is 87.5 Å². The van der Waals surface area contributed by atoms with Gasteiger partial charge in [0.2, 0.25) is 0 Å². The number of aromatic hydroxyl groups is 1. The summed E-state index contributed by atoms with van der Waals surface area (Å²) in [5.74, 6) is 1.00. The standard InChI is InChI=1S/C28H32O3S/c1-19(2)22-12-11-20(3)17-24(22)32-26-23(29)18-25(31-27(26)30)28(14-7-8-15-28)16-13-21-9-5-4-6-10-21/h4-6,9-12,17-19,29H,7-8,13-16H2,1-3H3. The van der Waals surface area contributed by atoms with E-state index < -0.39 is 5.63 Å². The summed E-state index contributed by atoms with van der Waals surface area (Å²) in [6.07, 6.45) is 6.08. The Hall–Kier alpha value is -2.46. The van der Waals surface area contributed by atoms with Crippen LogP contribution in [-0.2, 0) is 11.8 Å². The molecule has 0 atom stereocenters. The molecular weight excluding hydrogens is 416 g/mol. The molecule has 0 aliphatic heterocycles. The van der Waals surface area contributed by atoms with Gasteiger partial charge in [0.25, 0.3) is 0 Å². The van der Waals surface area contributed by atoms with Crippen LogP contribution in [0.3, 0.4) is 0 Å². The normalized spacial score (nSPS) is 15.4. The summed E-state index contributed by atoms with van der Waals surface area (Å²) < 4.78 is 5.93. The highest BCUT2D eigenvalue weighted by molar-refractivity contribution is 7.99. The third-order valence-electron chi connectivity index (χ3n) is 6.71. The van der Waals surface area contributed by atoms with Gasteiger partial charge in [-0.1, -0.05) is 80.9 Å². The number of hydrogen-bond acceptors (Lipinski definition) is 4. The van der Waals surface area contributed by atoms with Crippen LogP contribution in [0.2, 0.25) is 0 Å². The molecule has 1 aliphatic carbocycles. The third kappa shape index (κ3) is 4.80. The molecule has 2 aromatic carbocycles. The highest BCUT2D eigenvalue weighted by atomic mass is 32.2. The molecule has 1 heterocycles. The summed E-state index contributed by atoms with van der Waals surface area (Å²) in [5, 5.41) is 10.9. The second-order valence-electron chi connectivity index (χ2n) is 9.38. The van der Waals surface area contributed by atoms with Crippen molar-refractivity contribution in [2.45, 2.75) is 80.4 Å².